The van der Waals surface area contributed by atoms with E-state index < -0.39 is 39.6 Å². The molecule has 1 fully saturated rings. The highest BCUT2D eigenvalue weighted by Gasteiger charge is 2.57. The Bertz CT molecular complexity index is 1720. The zero-order chi connectivity index (χ0) is 28.1. The number of benzene rings is 3. The predicted molar refractivity (Wildman–Crippen MR) is 147 cm³/mol. The lowest BCUT2D eigenvalue weighted by molar-refractivity contribution is -0.385. The number of aromatic nitrogens is 1. The molecule has 1 N–H and O–H groups in total. The average molecular weight is 578 g/mol. The molecule has 0 spiro atoms. The van der Waals surface area contributed by atoms with Gasteiger partial charge in [-0.3, -0.25) is 24.5 Å². The number of ether oxygens (including phenoxy) is 1. The van der Waals surface area contributed by atoms with Crippen LogP contribution in [0.25, 0.3) is 0 Å². The van der Waals surface area contributed by atoms with Crippen molar-refractivity contribution in [1.82, 2.24) is 4.98 Å². The van der Waals surface area contributed by atoms with E-state index in [-0.39, 0.29) is 22.9 Å². The Kier molecular flexibility index (Phi) is 6.51. The number of thiazole rings is 1. The van der Waals surface area contributed by atoms with Crippen LogP contribution < -0.4 is 14.5 Å². The number of H-pyrrole nitrogens is 1. The quantitative estimate of drug-likeness (QED) is 0.191. The fourth-order valence-corrected chi connectivity index (χ4v) is 7.57. The van der Waals surface area contributed by atoms with Gasteiger partial charge in [-0.05, 0) is 42.8 Å². The number of rotatable bonds is 6. The highest BCUT2D eigenvalue weighted by Crippen LogP contribution is 2.55. The smallest absolute Gasteiger partial charge is 0.305 e. The summed E-state index contributed by atoms with van der Waals surface area (Å²) in [5.74, 6) is -3.12. The summed E-state index contributed by atoms with van der Waals surface area (Å²) < 4.78 is 19.7. The molecule has 4 aromatic rings. The summed E-state index contributed by atoms with van der Waals surface area (Å²) >= 11 is 1.98. The second kappa shape index (κ2) is 10.0. The van der Waals surface area contributed by atoms with Gasteiger partial charge in [0.15, 0.2) is 0 Å². The molecule has 3 heterocycles. The molecule has 12 heteroatoms. The van der Waals surface area contributed by atoms with E-state index in [4.69, 9.17) is 4.74 Å². The van der Waals surface area contributed by atoms with Gasteiger partial charge in [0.1, 0.15) is 23.4 Å². The van der Waals surface area contributed by atoms with Crippen molar-refractivity contribution >= 4 is 46.3 Å². The Hall–Kier alpha value is -4.29. The Balaban J connectivity index is 1.47. The molecule has 9 nitrogen and oxygen atoms in total. The van der Waals surface area contributed by atoms with Crippen LogP contribution in [0, 0.1) is 28.8 Å². The van der Waals surface area contributed by atoms with Crippen LogP contribution in [0.1, 0.15) is 27.5 Å². The molecule has 2 aliphatic heterocycles. The summed E-state index contributed by atoms with van der Waals surface area (Å²) in [5, 5.41) is 11.3. The number of fused-ring (bicyclic) bond motifs is 2. The molecule has 0 aliphatic carbocycles. The Labute approximate surface area is 234 Å². The minimum absolute atomic E-state index is 0.158. The second-order valence-electron chi connectivity index (χ2n) is 9.49. The Morgan fingerprint density at radius 2 is 1.75 bits per heavy atom. The van der Waals surface area contributed by atoms with Crippen molar-refractivity contribution in [3.05, 3.63) is 114 Å². The van der Waals surface area contributed by atoms with Crippen LogP contribution in [0.5, 0.6) is 5.75 Å². The van der Waals surface area contributed by atoms with E-state index >= 15 is 0 Å². The molecule has 2 unspecified atom stereocenters. The van der Waals surface area contributed by atoms with Gasteiger partial charge in [0.05, 0.1) is 21.6 Å². The van der Waals surface area contributed by atoms with E-state index in [1.807, 2.05) is 31.2 Å². The zero-order valence-corrected chi connectivity index (χ0v) is 22.5. The van der Waals surface area contributed by atoms with E-state index in [1.165, 1.54) is 30.3 Å². The first-order valence-electron chi connectivity index (χ1n) is 12.2. The number of nitrogens with zero attached hydrogens (tertiary/aromatic N) is 2. The minimum Gasteiger partial charge on any atom is -0.489 e. The predicted octanol–water partition coefficient (Wildman–Crippen LogP) is 5.17. The van der Waals surface area contributed by atoms with Crippen LogP contribution in [-0.4, -0.2) is 27.0 Å². The van der Waals surface area contributed by atoms with E-state index in [0.717, 1.165) is 51.3 Å². The molecule has 40 heavy (non-hydrogen) atoms. The van der Waals surface area contributed by atoms with Crippen LogP contribution in [0.3, 0.4) is 0 Å². The van der Waals surface area contributed by atoms with Gasteiger partial charge >= 0.3 is 4.87 Å². The maximum absolute atomic E-state index is 13.9. The van der Waals surface area contributed by atoms with Gasteiger partial charge in [0, 0.05) is 28.5 Å². The lowest BCUT2D eigenvalue weighted by atomic mass is 9.82. The minimum atomic E-state index is -0.981. The number of anilines is 1. The zero-order valence-electron chi connectivity index (χ0n) is 20.8. The van der Waals surface area contributed by atoms with Crippen molar-refractivity contribution in [3.8, 4) is 5.75 Å². The molecule has 3 atom stereocenters. The number of imide groups is 1. The van der Waals surface area contributed by atoms with Crippen LogP contribution in [0.4, 0.5) is 15.8 Å². The molecule has 3 aromatic carbocycles. The number of aromatic amines is 1. The first-order chi connectivity index (χ1) is 19.2. The highest BCUT2D eigenvalue weighted by molar-refractivity contribution is 8.00. The number of thioether (sulfide) groups is 1. The number of hydrogen-bond acceptors (Lipinski definition) is 8. The number of nitrogens with one attached hydrogen (secondary N) is 1. The monoisotopic (exact) mass is 577 g/mol. The van der Waals surface area contributed by atoms with Gasteiger partial charge in [0.25, 0.3) is 5.69 Å². The van der Waals surface area contributed by atoms with E-state index in [2.05, 4.69) is 4.98 Å². The normalized spacial score (nSPS) is 19.9. The van der Waals surface area contributed by atoms with Crippen molar-refractivity contribution in [3.63, 3.8) is 0 Å². The van der Waals surface area contributed by atoms with Gasteiger partial charge in [-0.1, -0.05) is 52.9 Å². The molecule has 1 saturated heterocycles. The van der Waals surface area contributed by atoms with Crippen molar-refractivity contribution in [1.29, 1.82) is 0 Å². The maximum atomic E-state index is 13.9. The van der Waals surface area contributed by atoms with E-state index in [1.54, 1.807) is 0 Å². The Morgan fingerprint density at radius 3 is 2.45 bits per heavy atom. The van der Waals surface area contributed by atoms with Crippen LogP contribution >= 0.6 is 23.1 Å². The van der Waals surface area contributed by atoms with E-state index in [0.29, 0.717) is 21.2 Å². The molecule has 202 valence electrons. The summed E-state index contributed by atoms with van der Waals surface area (Å²) in [6.07, 6.45) is 0. The number of nitro groups is 1. The number of carbonyl (C=O) groups is 2. The molecule has 0 bridgehead atoms. The standard InChI is InChI=1S/C28H20FN3O6S2/c1-14-2-4-15(5-3-14)13-38-20-11-10-18(32(36)37)12-19(20)21-22-24(39-25-23(21)40-28(35)30-25)27(34)31(26(22)33)17-8-6-16(29)7-9-17/h2-12,21-22,24H,13H2,1H3,(H,30,35)/t21-,22?,24?/m1/s1. The van der Waals surface area contributed by atoms with Gasteiger partial charge in [0.2, 0.25) is 11.8 Å². The Morgan fingerprint density at radius 1 is 1.02 bits per heavy atom. The number of halogens is 1. The lowest BCUT2D eigenvalue weighted by Crippen LogP contribution is -2.32. The molecular weight excluding hydrogens is 557 g/mol. The number of amides is 2. The van der Waals surface area contributed by atoms with Crippen molar-refractivity contribution in [2.24, 2.45) is 5.92 Å². The van der Waals surface area contributed by atoms with Gasteiger partial charge in [-0.2, -0.15) is 0 Å². The number of non-ortho nitro benzene ring substituents is 1. The molecule has 0 saturated carbocycles. The van der Waals surface area contributed by atoms with Crippen molar-refractivity contribution in [2.45, 2.75) is 29.7 Å². The summed E-state index contributed by atoms with van der Waals surface area (Å²) in [6, 6.07) is 16.8. The maximum Gasteiger partial charge on any atom is 0.305 e. The number of hydrogen-bond donors (Lipinski definition) is 1. The van der Waals surface area contributed by atoms with Crippen LogP contribution in [-0.2, 0) is 16.2 Å². The topological polar surface area (TPSA) is 123 Å². The SMILES string of the molecule is Cc1ccc(COc2ccc([N+](=O)[O-])cc2[C@H]2c3sc(=O)[nH]c3SC3C(=O)N(c4ccc(F)cc4)C(=O)C32)cc1. The third-order valence-corrected chi connectivity index (χ3v) is 9.36. The van der Waals surface area contributed by atoms with E-state index in [9.17, 15) is 28.9 Å². The fourth-order valence-electron chi connectivity index (χ4n) is 5.07. The highest BCUT2D eigenvalue weighted by atomic mass is 32.2. The largest absolute Gasteiger partial charge is 0.489 e. The summed E-state index contributed by atoms with van der Waals surface area (Å²) in [6.45, 7) is 2.12. The lowest BCUT2D eigenvalue weighted by Gasteiger charge is -2.30. The molecule has 1 aromatic heterocycles. The third-order valence-electron chi connectivity index (χ3n) is 6.96. The number of nitro benzene ring substituents is 1. The van der Waals surface area contributed by atoms with Gasteiger partial charge in [-0.15, -0.1) is 0 Å². The molecular formula is C28H20FN3O6S2. The third kappa shape index (κ3) is 4.48. The first kappa shape index (κ1) is 26.0. The molecule has 2 aliphatic rings. The van der Waals surface area contributed by atoms with Crippen molar-refractivity contribution in [2.75, 3.05) is 4.90 Å². The summed E-state index contributed by atoms with van der Waals surface area (Å²) in [4.78, 5) is 55.0. The molecule has 2 amide bonds. The number of carbonyl (C=O) groups excluding carboxylic acids is 2. The fraction of sp³-hybridized carbons (Fsp3) is 0.179. The molecule has 6 rings (SSSR count). The second-order valence-corrected chi connectivity index (χ2v) is 11.7. The first-order valence-corrected chi connectivity index (χ1v) is 13.9. The summed E-state index contributed by atoms with van der Waals surface area (Å²) in [7, 11) is 0. The van der Waals surface area contributed by atoms with Gasteiger partial charge < -0.3 is 9.72 Å². The van der Waals surface area contributed by atoms with Crippen LogP contribution in [0.2, 0.25) is 0 Å². The molecule has 0 radical (unpaired) electrons. The van der Waals surface area contributed by atoms with Gasteiger partial charge in [-0.25, -0.2) is 9.29 Å². The van der Waals surface area contributed by atoms with Crippen molar-refractivity contribution < 1.29 is 23.6 Å². The summed E-state index contributed by atoms with van der Waals surface area (Å²) in [5.41, 5.74) is 2.28. The number of aryl methyl sites for hydroxylation is 1. The van der Waals surface area contributed by atoms with Crippen LogP contribution in [0.15, 0.2) is 76.6 Å². The average Bonchev–Trinajstić information content (AvgIpc) is 3.43.